The number of nitrogens with one attached hydrogen (secondary N) is 2. The van der Waals surface area contributed by atoms with Crippen LogP contribution in [0.4, 0.5) is 17.2 Å². The molecule has 1 aromatic carbocycles. The summed E-state index contributed by atoms with van der Waals surface area (Å²) < 4.78 is 26.7. The molecule has 0 atom stereocenters. The van der Waals surface area contributed by atoms with Gasteiger partial charge in [-0.1, -0.05) is 6.07 Å². The van der Waals surface area contributed by atoms with Crippen molar-refractivity contribution in [2.45, 2.75) is 4.90 Å². The Labute approximate surface area is 145 Å². The van der Waals surface area contributed by atoms with E-state index in [1.165, 1.54) is 18.2 Å². The molecule has 0 unspecified atom stereocenters. The number of nitro groups is 1. The first-order valence-electron chi connectivity index (χ1n) is 7.27. The number of sulfonamides is 1. The van der Waals surface area contributed by atoms with Crippen LogP contribution in [-0.4, -0.2) is 50.7 Å². The second-order valence-electron chi connectivity index (χ2n) is 5.27. The number of anilines is 2. The van der Waals surface area contributed by atoms with Gasteiger partial charge < -0.3 is 10.2 Å². The molecule has 134 valence electrons. The quantitative estimate of drug-likeness (QED) is 0.399. The van der Waals surface area contributed by atoms with Gasteiger partial charge in [0.2, 0.25) is 10.0 Å². The van der Waals surface area contributed by atoms with Crippen molar-refractivity contribution >= 4 is 27.2 Å². The Hall–Kier alpha value is -2.79. The third kappa shape index (κ3) is 5.09. The van der Waals surface area contributed by atoms with Gasteiger partial charge in [-0.2, -0.15) is 5.10 Å². The molecule has 2 N–H and O–H groups in total. The Balaban J connectivity index is 1.93. The minimum absolute atomic E-state index is 0.0822. The molecule has 0 aliphatic heterocycles. The summed E-state index contributed by atoms with van der Waals surface area (Å²) in [6.45, 7) is 0.360. The summed E-state index contributed by atoms with van der Waals surface area (Å²) in [5.41, 5.74) is 0.575. The Kier molecular flexibility index (Phi) is 5.83. The fourth-order valence-electron chi connectivity index (χ4n) is 1.91. The van der Waals surface area contributed by atoms with E-state index in [4.69, 9.17) is 0 Å². The minimum atomic E-state index is -3.83. The summed E-state index contributed by atoms with van der Waals surface area (Å²) in [6.07, 6.45) is 1.61. The predicted molar refractivity (Wildman–Crippen MR) is 93.1 cm³/mol. The lowest BCUT2D eigenvalue weighted by atomic mass is 10.3. The largest absolute Gasteiger partial charge is 0.376 e. The van der Waals surface area contributed by atoms with E-state index in [1.54, 1.807) is 12.3 Å². The molecule has 0 radical (unpaired) electrons. The molecule has 0 saturated heterocycles. The van der Waals surface area contributed by atoms with Crippen LogP contribution in [-0.2, 0) is 10.0 Å². The summed E-state index contributed by atoms with van der Waals surface area (Å²) in [5, 5.41) is 21.5. The average Bonchev–Trinajstić information content (AvgIpc) is 2.59. The van der Waals surface area contributed by atoms with Crippen LogP contribution in [0.1, 0.15) is 0 Å². The molecular weight excluding hydrogens is 348 g/mol. The number of benzene rings is 1. The summed E-state index contributed by atoms with van der Waals surface area (Å²) in [5.74, 6) is 0.515. The number of hydrogen-bond donors (Lipinski definition) is 2. The first-order valence-corrected chi connectivity index (χ1v) is 8.76. The normalized spacial score (nSPS) is 11.1. The molecule has 0 saturated carbocycles. The highest BCUT2D eigenvalue weighted by atomic mass is 32.2. The van der Waals surface area contributed by atoms with Crippen LogP contribution in [0.2, 0.25) is 0 Å². The maximum Gasteiger partial charge on any atom is 0.270 e. The standard InChI is InChI=1S/C14H18N6O4S/c1-19(2)12-9-14(18-16-10-12)15-6-7-17-25(23,24)13-5-3-4-11(8-13)20(21)22/h3-5,8-10,17H,6-7H2,1-2H3,(H,15,18). The van der Waals surface area contributed by atoms with Crippen LogP contribution in [0, 0.1) is 10.1 Å². The Bertz CT molecular complexity index is 856. The minimum Gasteiger partial charge on any atom is -0.376 e. The van der Waals surface area contributed by atoms with Gasteiger partial charge >= 0.3 is 0 Å². The van der Waals surface area contributed by atoms with E-state index in [-0.39, 0.29) is 23.7 Å². The zero-order valence-electron chi connectivity index (χ0n) is 13.7. The molecule has 0 spiro atoms. The lowest BCUT2D eigenvalue weighted by Gasteiger charge is -2.13. The first kappa shape index (κ1) is 18.5. The van der Waals surface area contributed by atoms with E-state index in [9.17, 15) is 18.5 Å². The lowest BCUT2D eigenvalue weighted by molar-refractivity contribution is -0.385. The van der Waals surface area contributed by atoms with Crippen LogP contribution < -0.4 is 14.9 Å². The van der Waals surface area contributed by atoms with Crippen LogP contribution in [0.25, 0.3) is 0 Å². The monoisotopic (exact) mass is 366 g/mol. The first-order chi connectivity index (χ1) is 11.8. The summed E-state index contributed by atoms with van der Waals surface area (Å²) in [4.78, 5) is 11.8. The highest BCUT2D eigenvalue weighted by molar-refractivity contribution is 7.89. The van der Waals surface area contributed by atoms with E-state index in [2.05, 4.69) is 20.2 Å². The topological polar surface area (TPSA) is 130 Å². The maximum atomic E-state index is 12.2. The Morgan fingerprint density at radius 3 is 2.68 bits per heavy atom. The maximum absolute atomic E-state index is 12.2. The smallest absolute Gasteiger partial charge is 0.270 e. The van der Waals surface area contributed by atoms with Crippen molar-refractivity contribution in [2.24, 2.45) is 0 Å². The van der Waals surface area contributed by atoms with Crippen molar-refractivity contribution in [2.75, 3.05) is 37.4 Å². The fraction of sp³-hybridized carbons (Fsp3) is 0.286. The highest BCUT2D eigenvalue weighted by Gasteiger charge is 2.16. The van der Waals surface area contributed by atoms with E-state index in [0.717, 1.165) is 11.8 Å². The second kappa shape index (κ2) is 7.85. The summed E-state index contributed by atoms with van der Waals surface area (Å²) in [7, 11) is -0.0930. The lowest BCUT2D eigenvalue weighted by Crippen LogP contribution is -2.29. The molecule has 0 amide bonds. The van der Waals surface area contributed by atoms with Gasteiger partial charge in [0, 0.05) is 45.4 Å². The van der Waals surface area contributed by atoms with Crippen molar-refractivity contribution in [3.05, 3.63) is 46.6 Å². The summed E-state index contributed by atoms with van der Waals surface area (Å²) >= 11 is 0. The molecule has 0 aliphatic rings. The van der Waals surface area contributed by atoms with Gasteiger partial charge in [-0.15, -0.1) is 5.10 Å². The van der Waals surface area contributed by atoms with Gasteiger partial charge in [-0.25, -0.2) is 13.1 Å². The van der Waals surface area contributed by atoms with Crippen molar-refractivity contribution in [1.82, 2.24) is 14.9 Å². The molecule has 11 heteroatoms. The van der Waals surface area contributed by atoms with Crippen LogP contribution in [0.5, 0.6) is 0 Å². The van der Waals surface area contributed by atoms with Gasteiger partial charge in [0.25, 0.3) is 5.69 Å². The molecule has 10 nitrogen and oxygen atoms in total. The number of rotatable bonds is 8. The Morgan fingerprint density at radius 2 is 2.00 bits per heavy atom. The SMILES string of the molecule is CN(C)c1cnnc(NCCNS(=O)(=O)c2cccc([N+](=O)[O-])c2)c1. The fourth-order valence-corrected chi connectivity index (χ4v) is 2.98. The zero-order chi connectivity index (χ0) is 18.4. The number of nitrogens with zero attached hydrogens (tertiary/aromatic N) is 4. The molecule has 25 heavy (non-hydrogen) atoms. The van der Waals surface area contributed by atoms with E-state index < -0.39 is 14.9 Å². The van der Waals surface area contributed by atoms with Crippen molar-refractivity contribution in [3.63, 3.8) is 0 Å². The zero-order valence-corrected chi connectivity index (χ0v) is 14.5. The molecule has 2 rings (SSSR count). The summed E-state index contributed by atoms with van der Waals surface area (Å²) in [6, 6.07) is 6.66. The van der Waals surface area contributed by atoms with E-state index >= 15 is 0 Å². The Morgan fingerprint density at radius 1 is 1.24 bits per heavy atom. The second-order valence-corrected chi connectivity index (χ2v) is 7.04. The number of aromatic nitrogens is 2. The molecule has 0 aliphatic carbocycles. The number of non-ortho nitro benzene ring substituents is 1. The molecule has 1 aromatic heterocycles. The van der Waals surface area contributed by atoms with Gasteiger partial charge in [0.05, 0.1) is 21.7 Å². The van der Waals surface area contributed by atoms with Gasteiger partial charge in [-0.05, 0) is 6.07 Å². The molecular formula is C14H18N6O4S. The van der Waals surface area contributed by atoms with E-state index in [0.29, 0.717) is 5.82 Å². The van der Waals surface area contributed by atoms with Gasteiger partial charge in [0.15, 0.2) is 5.82 Å². The number of nitro benzene ring substituents is 1. The van der Waals surface area contributed by atoms with Crippen molar-refractivity contribution in [1.29, 1.82) is 0 Å². The van der Waals surface area contributed by atoms with Crippen LogP contribution >= 0.6 is 0 Å². The van der Waals surface area contributed by atoms with Crippen LogP contribution in [0.15, 0.2) is 41.4 Å². The molecule has 0 bridgehead atoms. The van der Waals surface area contributed by atoms with Crippen molar-refractivity contribution < 1.29 is 13.3 Å². The molecule has 0 fully saturated rings. The highest BCUT2D eigenvalue weighted by Crippen LogP contribution is 2.17. The third-order valence-electron chi connectivity index (χ3n) is 3.22. The molecule has 2 aromatic rings. The average molecular weight is 366 g/mol. The van der Waals surface area contributed by atoms with Crippen molar-refractivity contribution in [3.8, 4) is 0 Å². The van der Waals surface area contributed by atoms with Gasteiger partial charge in [0.1, 0.15) is 0 Å². The van der Waals surface area contributed by atoms with Gasteiger partial charge in [-0.3, -0.25) is 10.1 Å². The van der Waals surface area contributed by atoms with Crippen LogP contribution in [0.3, 0.4) is 0 Å². The predicted octanol–water partition coefficient (Wildman–Crippen LogP) is 0.841. The molecule has 1 heterocycles. The third-order valence-corrected chi connectivity index (χ3v) is 4.68. The number of hydrogen-bond acceptors (Lipinski definition) is 8. The van der Waals surface area contributed by atoms with E-state index in [1.807, 2.05) is 19.0 Å².